The van der Waals surface area contributed by atoms with E-state index in [1.165, 1.54) is 4.57 Å². The van der Waals surface area contributed by atoms with E-state index >= 15 is 0 Å². The zero-order chi connectivity index (χ0) is 14.9. The lowest BCUT2D eigenvalue weighted by molar-refractivity contribution is 0.570. The minimum absolute atomic E-state index is 0.257. The van der Waals surface area contributed by atoms with Crippen LogP contribution in [0.1, 0.15) is 18.9 Å². The highest BCUT2D eigenvalue weighted by Crippen LogP contribution is 2.29. The Morgan fingerprint density at radius 3 is 2.55 bits per heavy atom. The van der Waals surface area contributed by atoms with Crippen molar-refractivity contribution < 1.29 is 8.42 Å². The van der Waals surface area contributed by atoms with Crippen LogP contribution in [-0.4, -0.2) is 23.2 Å². The molecular formula is C12H13Cl2N3O2S. The van der Waals surface area contributed by atoms with E-state index in [0.29, 0.717) is 29.4 Å². The number of hydrogen-bond donors (Lipinski definition) is 0. The third-order valence-electron chi connectivity index (χ3n) is 2.75. The number of nitrogens with zero attached hydrogens (tertiary/aromatic N) is 3. The molecule has 0 amide bonds. The highest BCUT2D eigenvalue weighted by atomic mass is 35.7. The minimum Gasteiger partial charge on any atom is -0.297 e. The molecule has 2 aromatic rings. The van der Waals surface area contributed by atoms with Gasteiger partial charge in [0.1, 0.15) is 0 Å². The highest BCUT2D eigenvalue weighted by Gasteiger charge is 2.23. The van der Waals surface area contributed by atoms with E-state index in [4.69, 9.17) is 22.3 Å². The van der Waals surface area contributed by atoms with Crippen LogP contribution in [0.3, 0.4) is 0 Å². The number of benzene rings is 1. The Morgan fingerprint density at radius 1 is 1.30 bits per heavy atom. The first-order valence-electron chi connectivity index (χ1n) is 5.99. The number of hydrogen-bond acceptors (Lipinski definition) is 4. The Balaban J connectivity index is 2.66. The first kappa shape index (κ1) is 15.3. The second kappa shape index (κ2) is 5.71. The normalized spacial score (nSPS) is 11.8. The standard InChI is InChI=1S/C12H13Cl2N3O2S/c1-3-6-17-11(15-16-12(17)20(14,18)19)9-5-4-8(2)7-10(9)13/h4-5,7H,3,6H2,1-2H3. The quantitative estimate of drug-likeness (QED) is 0.805. The average Bonchev–Trinajstić information content (AvgIpc) is 2.73. The molecule has 1 aromatic carbocycles. The molecule has 0 aliphatic rings. The lowest BCUT2D eigenvalue weighted by Crippen LogP contribution is -2.07. The van der Waals surface area contributed by atoms with Gasteiger partial charge in [0.05, 0.1) is 5.02 Å². The van der Waals surface area contributed by atoms with Crippen molar-refractivity contribution in [2.45, 2.75) is 32.0 Å². The van der Waals surface area contributed by atoms with Crippen LogP contribution >= 0.6 is 22.3 Å². The van der Waals surface area contributed by atoms with Gasteiger partial charge in [-0.25, -0.2) is 8.42 Å². The van der Waals surface area contributed by atoms with Gasteiger partial charge in [-0.15, -0.1) is 10.2 Å². The van der Waals surface area contributed by atoms with Crippen molar-refractivity contribution in [3.05, 3.63) is 28.8 Å². The van der Waals surface area contributed by atoms with Crippen LogP contribution in [0.4, 0.5) is 0 Å². The smallest absolute Gasteiger partial charge is 0.296 e. The average molecular weight is 334 g/mol. The van der Waals surface area contributed by atoms with Gasteiger partial charge in [-0.3, -0.25) is 4.57 Å². The van der Waals surface area contributed by atoms with Crippen LogP contribution in [0.15, 0.2) is 23.4 Å². The summed E-state index contributed by atoms with van der Waals surface area (Å²) in [7, 11) is 1.44. The number of halogens is 2. The van der Waals surface area contributed by atoms with Gasteiger partial charge in [0.2, 0.25) is 0 Å². The summed E-state index contributed by atoms with van der Waals surface area (Å²) in [6.07, 6.45) is 0.716. The molecule has 0 N–H and O–H groups in total. The van der Waals surface area contributed by atoms with Gasteiger partial charge in [0.15, 0.2) is 5.82 Å². The summed E-state index contributed by atoms with van der Waals surface area (Å²) in [5.41, 5.74) is 1.63. The molecule has 1 heterocycles. The summed E-state index contributed by atoms with van der Waals surface area (Å²) in [5, 5.41) is 7.84. The summed E-state index contributed by atoms with van der Waals surface area (Å²) in [5.74, 6) is 0.399. The van der Waals surface area contributed by atoms with Crippen LogP contribution in [-0.2, 0) is 15.6 Å². The number of aryl methyl sites for hydroxylation is 1. The van der Waals surface area contributed by atoms with Crippen molar-refractivity contribution in [2.24, 2.45) is 0 Å². The lowest BCUT2D eigenvalue weighted by Gasteiger charge is -2.09. The maximum atomic E-state index is 11.5. The fourth-order valence-electron chi connectivity index (χ4n) is 1.89. The van der Waals surface area contributed by atoms with Gasteiger partial charge in [0.25, 0.3) is 14.2 Å². The molecule has 0 bridgehead atoms. The first-order valence-corrected chi connectivity index (χ1v) is 8.67. The van der Waals surface area contributed by atoms with Crippen LogP contribution in [0.2, 0.25) is 5.02 Å². The first-order chi connectivity index (χ1) is 9.34. The monoisotopic (exact) mass is 333 g/mol. The maximum Gasteiger partial charge on any atom is 0.296 e. The summed E-state index contributed by atoms with van der Waals surface area (Å²) in [4.78, 5) is 0. The van der Waals surface area contributed by atoms with E-state index in [1.54, 1.807) is 12.1 Å². The number of rotatable bonds is 4. The van der Waals surface area contributed by atoms with Crippen molar-refractivity contribution in [3.8, 4) is 11.4 Å². The van der Waals surface area contributed by atoms with E-state index in [1.807, 2.05) is 19.9 Å². The summed E-state index contributed by atoms with van der Waals surface area (Å²) in [6, 6.07) is 5.45. The van der Waals surface area contributed by atoms with Crippen molar-refractivity contribution >= 4 is 31.3 Å². The molecule has 0 fully saturated rings. The van der Waals surface area contributed by atoms with Gasteiger partial charge < -0.3 is 0 Å². The molecule has 0 aliphatic heterocycles. The fourth-order valence-corrected chi connectivity index (χ4v) is 3.14. The topological polar surface area (TPSA) is 64.8 Å². The second-order valence-corrected chi connectivity index (χ2v) is 7.25. The molecule has 2 rings (SSSR count). The van der Waals surface area contributed by atoms with Gasteiger partial charge >= 0.3 is 0 Å². The van der Waals surface area contributed by atoms with E-state index in [-0.39, 0.29) is 5.16 Å². The van der Waals surface area contributed by atoms with Gasteiger partial charge in [-0.05, 0) is 31.0 Å². The van der Waals surface area contributed by atoms with E-state index < -0.39 is 9.05 Å². The largest absolute Gasteiger partial charge is 0.297 e. The van der Waals surface area contributed by atoms with E-state index in [2.05, 4.69) is 10.2 Å². The van der Waals surface area contributed by atoms with Crippen molar-refractivity contribution in [2.75, 3.05) is 0 Å². The molecule has 0 saturated carbocycles. The van der Waals surface area contributed by atoms with Crippen molar-refractivity contribution in [1.29, 1.82) is 0 Å². The molecule has 8 heteroatoms. The zero-order valence-electron chi connectivity index (χ0n) is 11.0. The van der Waals surface area contributed by atoms with Gasteiger partial charge in [0, 0.05) is 22.8 Å². The Bertz CT molecular complexity index is 741. The SMILES string of the molecule is CCCn1c(-c2ccc(C)cc2Cl)nnc1S(=O)(=O)Cl. The van der Waals surface area contributed by atoms with E-state index in [0.717, 1.165) is 5.56 Å². The predicted molar refractivity (Wildman–Crippen MR) is 78.5 cm³/mol. The summed E-state index contributed by atoms with van der Waals surface area (Å²) >= 11 is 6.20. The molecule has 5 nitrogen and oxygen atoms in total. The minimum atomic E-state index is -3.95. The molecule has 20 heavy (non-hydrogen) atoms. The third-order valence-corrected chi connectivity index (χ3v) is 4.21. The van der Waals surface area contributed by atoms with E-state index in [9.17, 15) is 8.42 Å². The van der Waals surface area contributed by atoms with Gasteiger partial charge in [-0.2, -0.15) is 0 Å². The molecule has 0 saturated heterocycles. The van der Waals surface area contributed by atoms with Crippen LogP contribution in [0.5, 0.6) is 0 Å². The Hall–Kier alpha value is -1.11. The van der Waals surface area contributed by atoms with Gasteiger partial charge in [-0.1, -0.05) is 24.6 Å². The van der Waals surface area contributed by atoms with Crippen molar-refractivity contribution in [3.63, 3.8) is 0 Å². The molecular weight excluding hydrogens is 321 g/mol. The summed E-state index contributed by atoms with van der Waals surface area (Å²) < 4.78 is 24.5. The molecule has 0 atom stereocenters. The molecule has 0 unspecified atom stereocenters. The van der Waals surface area contributed by atoms with Crippen LogP contribution < -0.4 is 0 Å². The Labute approximate surface area is 127 Å². The molecule has 0 radical (unpaired) electrons. The maximum absolute atomic E-state index is 11.5. The number of aromatic nitrogens is 3. The Morgan fingerprint density at radius 2 is 2.00 bits per heavy atom. The molecule has 108 valence electrons. The Kier molecular flexibility index (Phi) is 4.36. The molecule has 0 aliphatic carbocycles. The predicted octanol–water partition coefficient (Wildman–Crippen LogP) is 3.24. The highest BCUT2D eigenvalue weighted by molar-refractivity contribution is 8.13. The van der Waals surface area contributed by atoms with Crippen molar-refractivity contribution in [1.82, 2.24) is 14.8 Å². The molecule has 0 spiro atoms. The third kappa shape index (κ3) is 2.97. The zero-order valence-corrected chi connectivity index (χ0v) is 13.3. The molecule has 1 aromatic heterocycles. The van der Waals surface area contributed by atoms with Crippen LogP contribution in [0, 0.1) is 6.92 Å². The summed E-state index contributed by atoms with van der Waals surface area (Å²) in [6.45, 7) is 4.28. The fraction of sp³-hybridized carbons (Fsp3) is 0.333. The lowest BCUT2D eigenvalue weighted by atomic mass is 10.1. The second-order valence-electron chi connectivity index (χ2n) is 4.38. The van der Waals surface area contributed by atoms with Crippen LogP contribution in [0.25, 0.3) is 11.4 Å².